The smallest absolute Gasteiger partial charge is 0.337 e. The summed E-state index contributed by atoms with van der Waals surface area (Å²) in [5.74, 6) is -0.113. The number of anilines is 2. The standard InChI is InChI=1S/C21H18ClN3O3/c1-28-21(27)14-6-4-7-17(11-14)25-19-10-9-16(13-23-19)20(26)24-12-15-5-2-3-8-18(15)22/h2-11,13H,12H2,1H3,(H,23,25)(H,24,26). The predicted molar refractivity (Wildman–Crippen MR) is 108 cm³/mol. The molecule has 0 saturated carbocycles. The fraction of sp³-hybridized carbons (Fsp3) is 0.0952. The molecule has 0 aliphatic heterocycles. The largest absolute Gasteiger partial charge is 0.465 e. The Kier molecular flexibility index (Phi) is 6.24. The van der Waals surface area contributed by atoms with Crippen LogP contribution in [0.4, 0.5) is 11.5 Å². The molecule has 0 spiro atoms. The van der Waals surface area contributed by atoms with Crippen LogP contribution < -0.4 is 10.6 Å². The van der Waals surface area contributed by atoms with E-state index < -0.39 is 5.97 Å². The van der Waals surface area contributed by atoms with Gasteiger partial charge in [-0.05, 0) is 42.0 Å². The molecule has 7 heteroatoms. The summed E-state index contributed by atoms with van der Waals surface area (Å²) < 4.78 is 4.71. The molecule has 0 radical (unpaired) electrons. The van der Waals surface area contributed by atoms with Crippen LogP contribution in [0.5, 0.6) is 0 Å². The van der Waals surface area contributed by atoms with Crippen molar-refractivity contribution < 1.29 is 14.3 Å². The van der Waals surface area contributed by atoms with E-state index in [1.54, 1.807) is 42.5 Å². The Bertz CT molecular complexity index is 990. The van der Waals surface area contributed by atoms with Gasteiger partial charge in [-0.15, -0.1) is 0 Å². The number of amides is 1. The summed E-state index contributed by atoms with van der Waals surface area (Å²) in [6, 6.07) is 17.6. The first-order valence-electron chi connectivity index (χ1n) is 8.50. The van der Waals surface area contributed by atoms with E-state index in [2.05, 4.69) is 15.6 Å². The highest BCUT2D eigenvalue weighted by Crippen LogP contribution is 2.17. The van der Waals surface area contributed by atoms with E-state index in [1.807, 2.05) is 18.2 Å². The Morgan fingerprint density at radius 1 is 1.04 bits per heavy atom. The van der Waals surface area contributed by atoms with Crippen molar-refractivity contribution in [3.05, 3.63) is 88.6 Å². The molecule has 0 bridgehead atoms. The maximum Gasteiger partial charge on any atom is 0.337 e. The van der Waals surface area contributed by atoms with Gasteiger partial charge in [0.05, 0.1) is 18.2 Å². The second-order valence-electron chi connectivity index (χ2n) is 5.90. The zero-order valence-corrected chi connectivity index (χ0v) is 15.9. The minimum absolute atomic E-state index is 0.244. The number of ether oxygens (including phenoxy) is 1. The van der Waals surface area contributed by atoms with Crippen molar-refractivity contribution in [3.63, 3.8) is 0 Å². The van der Waals surface area contributed by atoms with Gasteiger partial charge in [-0.2, -0.15) is 0 Å². The Labute approximate surface area is 167 Å². The van der Waals surface area contributed by atoms with E-state index >= 15 is 0 Å². The number of pyridine rings is 1. The number of rotatable bonds is 6. The molecule has 1 amide bonds. The highest BCUT2D eigenvalue weighted by molar-refractivity contribution is 6.31. The molecule has 3 rings (SSSR count). The average Bonchev–Trinajstić information content (AvgIpc) is 2.73. The van der Waals surface area contributed by atoms with Crippen molar-refractivity contribution in [2.24, 2.45) is 0 Å². The van der Waals surface area contributed by atoms with Crippen LogP contribution in [0.3, 0.4) is 0 Å². The van der Waals surface area contributed by atoms with Gasteiger partial charge < -0.3 is 15.4 Å². The third-order valence-electron chi connectivity index (χ3n) is 3.98. The molecule has 0 unspecified atom stereocenters. The molecule has 28 heavy (non-hydrogen) atoms. The SMILES string of the molecule is COC(=O)c1cccc(Nc2ccc(C(=O)NCc3ccccc3Cl)cn2)c1. The van der Waals surface area contributed by atoms with Crippen LogP contribution in [-0.2, 0) is 11.3 Å². The number of halogens is 1. The van der Waals surface area contributed by atoms with Gasteiger partial charge in [-0.25, -0.2) is 9.78 Å². The fourth-order valence-corrected chi connectivity index (χ4v) is 2.71. The van der Waals surface area contributed by atoms with Crippen molar-refractivity contribution in [2.45, 2.75) is 6.54 Å². The summed E-state index contributed by atoms with van der Waals surface area (Å²) in [5.41, 5.74) is 2.39. The molecule has 2 N–H and O–H groups in total. The van der Waals surface area contributed by atoms with Gasteiger partial charge in [-0.3, -0.25) is 4.79 Å². The predicted octanol–water partition coefficient (Wildman–Crippen LogP) is 4.20. The lowest BCUT2D eigenvalue weighted by Crippen LogP contribution is -2.23. The molecule has 6 nitrogen and oxygen atoms in total. The van der Waals surface area contributed by atoms with Gasteiger partial charge in [0.2, 0.25) is 0 Å². The molecule has 1 aromatic heterocycles. The zero-order valence-electron chi connectivity index (χ0n) is 15.1. The Morgan fingerprint density at radius 2 is 1.86 bits per heavy atom. The van der Waals surface area contributed by atoms with Crippen LogP contribution in [0.25, 0.3) is 0 Å². The number of carbonyl (C=O) groups excluding carboxylic acids is 2. The van der Waals surface area contributed by atoms with Gasteiger partial charge in [-0.1, -0.05) is 35.9 Å². The van der Waals surface area contributed by atoms with Crippen LogP contribution in [-0.4, -0.2) is 24.0 Å². The van der Waals surface area contributed by atoms with Crippen molar-refractivity contribution in [1.29, 1.82) is 0 Å². The molecule has 0 saturated heterocycles. The molecule has 0 fully saturated rings. The second-order valence-corrected chi connectivity index (χ2v) is 6.31. The van der Waals surface area contributed by atoms with Crippen LogP contribution >= 0.6 is 11.6 Å². The van der Waals surface area contributed by atoms with E-state index in [4.69, 9.17) is 16.3 Å². The second kappa shape index (κ2) is 9.01. The van der Waals surface area contributed by atoms with Gasteiger partial charge >= 0.3 is 5.97 Å². The Balaban J connectivity index is 1.62. The first-order chi connectivity index (χ1) is 13.6. The van der Waals surface area contributed by atoms with E-state index in [0.717, 1.165) is 5.56 Å². The summed E-state index contributed by atoms with van der Waals surface area (Å²) in [6.45, 7) is 0.332. The Morgan fingerprint density at radius 3 is 2.57 bits per heavy atom. The number of aromatic nitrogens is 1. The summed E-state index contributed by atoms with van der Waals surface area (Å²) >= 11 is 6.09. The number of esters is 1. The number of benzene rings is 2. The molecular formula is C21H18ClN3O3. The summed E-state index contributed by atoms with van der Waals surface area (Å²) in [7, 11) is 1.33. The zero-order chi connectivity index (χ0) is 19.9. The summed E-state index contributed by atoms with van der Waals surface area (Å²) in [5, 5.41) is 6.51. The highest BCUT2D eigenvalue weighted by Gasteiger charge is 2.09. The van der Waals surface area contributed by atoms with Crippen LogP contribution in [0.15, 0.2) is 66.9 Å². The van der Waals surface area contributed by atoms with Crippen LogP contribution in [0, 0.1) is 0 Å². The maximum atomic E-state index is 12.3. The monoisotopic (exact) mass is 395 g/mol. The van der Waals surface area contributed by atoms with Crippen LogP contribution in [0.1, 0.15) is 26.3 Å². The number of nitrogens with one attached hydrogen (secondary N) is 2. The van der Waals surface area contributed by atoms with Crippen LogP contribution in [0.2, 0.25) is 5.02 Å². The quantitative estimate of drug-likeness (QED) is 0.611. The van der Waals surface area contributed by atoms with E-state index in [9.17, 15) is 9.59 Å². The Hall–Kier alpha value is -3.38. The first kappa shape index (κ1) is 19.4. The van der Waals surface area contributed by atoms with Crippen molar-refractivity contribution in [3.8, 4) is 0 Å². The van der Waals surface area contributed by atoms with E-state index in [-0.39, 0.29) is 5.91 Å². The van der Waals surface area contributed by atoms with Crippen molar-refractivity contribution >= 4 is 35.0 Å². The minimum Gasteiger partial charge on any atom is -0.465 e. The molecule has 142 valence electrons. The lowest BCUT2D eigenvalue weighted by atomic mass is 10.2. The summed E-state index contributed by atoms with van der Waals surface area (Å²) in [4.78, 5) is 28.1. The van der Waals surface area contributed by atoms with Gasteiger partial charge in [0, 0.05) is 23.5 Å². The minimum atomic E-state index is -0.415. The summed E-state index contributed by atoms with van der Waals surface area (Å²) in [6.07, 6.45) is 1.48. The molecule has 0 atom stereocenters. The molecular weight excluding hydrogens is 378 g/mol. The number of nitrogens with zero attached hydrogens (tertiary/aromatic N) is 1. The number of hydrogen-bond acceptors (Lipinski definition) is 5. The number of carbonyl (C=O) groups is 2. The molecule has 2 aromatic carbocycles. The fourth-order valence-electron chi connectivity index (χ4n) is 2.51. The number of hydrogen-bond donors (Lipinski definition) is 2. The molecule has 0 aliphatic rings. The molecule has 0 aliphatic carbocycles. The normalized spacial score (nSPS) is 10.2. The van der Waals surface area contributed by atoms with Crippen molar-refractivity contribution in [1.82, 2.24) is 10.3 Å². The third-order valence-corrected chi connectivity index (χ3v) is 4.35. The first-order valence-corrected chi connectivity index (χ1v) is 8.87. The highest BCUT2D eigenvalue weighted by atomic mass is 35.5. The topological polar surface area (TPSA) is 80.3 Å². The lowest BCUT2D eigenvalue weighted by Gasteiger charge is -2.09. The lowest BCUT2D eigenvalue weighted by molar-refractivity contribution is 0.0600. The van der Waals surface area contributed by atoms with Gasteiger partial charge in [0.15, 0.2) is 0 Å². The molecule has 3 aromatic rings. The number of methoxy groups -OCH3 is 1. The van der Waals surface area contributed by atoms with Gasteiger partial charge in [0.25, 0.3) is 5.91 Å². The molecule has 1 heterocycles. The van der Waals surface area contributed by atoms with E-state index in [0.29, 0.717) is 34.2 Å². The third kappa shape index (κ3) is 4.86. The van der Waals surface area contributed by atoms with Crippen molar-refractivity contribution in [2.75, 3.05) is 12.4 Å². The maximum absolute atomic E-state index is 12.3. The van der Waals surface area contributed by atoms with Gasteiger partial charge in [0.1, 0.15) is 5.82 Å². The van der Waals surface area contributed by atoms with E-state index in [1.165, 1.54) is 13.3 Å². The average molecular weight is 396 g/mol.